The van der Waals surface area contributed by atoms with Gasteiger partial charge in [-0.05, 0) is 29.8 Å². The molecular weight excluding hydrogens is 335 g/mol. The van der Waals surface area contributed by atoms with Crippen LogP contribution in [0, 0.1) is 5.82 Å². The number of hydrogen-bond acceptors (Lipinski definition) is 4. The number of morpholine rings is 1. The molecule has 26 heavy (non-hydrogen) atoms. The molecule has 1 amide bonds. The first-order valence-electron chi connectivity index (χ1n) is 8.73. The zero-order valence-electron chi connectivity index (χ0n) is 14.6. The monoisotopic (exact) mass is 358 g/mol. The molecule has 1 aliphatic heterocycles. The molecule has 2 aromatic carbocycles. The Labute approximate surface area is 152 Å². The topological polar surface area (TPSA) is 50.8 Å². The van der Waals surface area contributed by atoms with E-state index in [0.717, 1.165) is 25.2 Å². The molecule has 1 aliphatic rings. The SMILES string of the molecule is O=C(COc1ccc(F)cc1)N[C@H](CN1CCOCC1)c1ccccc1. The second-order valence-electron chi connectivity index (χ2n) is 6.19. The molecule has 6 heteroatoms. The predicted molar refractivity (Wildman–Crippen MR) is 96.5 cm³/mol. The number of carbonyl (C=O) groups is 1. The summed E-state index contributed by atoms with van der Waals surface area (Å²) in [6.07, 6.45) is 0. The van der Waals surface area contributed by atoms with Gasteiger partial charge < -0.3 is 14.8 Å². The average Bonchev–Trinajstić information content (AvgIpc) is 2.68. The normalized spacial score (nSPS) is 16.0. The minimum Gasteiger partial charge on any atom is -0.484 e. The van der Waals surface area contributed by atoms with Crippen molar-refractivity contribution in [2.24, 2.45) is 0 Å². The summed E-state index contributed by atoms with van der Waals surface area (Å²) in [7, 11) is 0. The van der Waals surface area contributed by atoms with Gasteiger partial charge in [-0.1, -0.05) is 30.3 Å². The van der Waals surface area contributed by atoms with Crippen molar-refractivity contribution < 1.29 is 18.7 Å². The van der Waals surface area contributed by atoms with E-state index in [1.807, 2.05) is 30.3 Å². The Kier molecular flexibility index (Phi) is 6.57. The van der Waals surface area contributed by atoms with Crippen molar-refractivity contribution in [3.63, 3.8) is 0 Å². The molecule has 0 unspecified atom stereocenters. The highest BCUT2D eigenvalue weighted by molar-refractivity contribution is 5.78. The number of benzene rings is 2. The van der Waals surface area contributed by atoms with Crippen LogP contribution in [0.15, 0.2) is 54.6 Å². The number of carbonyl (C=O) groups excluding carboxylic acids is 1. The third-order valence-electron chi connectivity index (χ3n) is 4.27. The maximum atomic E-state index is 12.9. The van der Waals surface area contributed by atoms with Crippen LogP contribution in [0.3, 0.4) is 0 Å². The van der Waals surface area contributed by atoms with Crippen molar-refractivity contribution in [1.29, 1.82) is 0 Å². The molecule has 1 fully saturated rings. The summed E-state index contributed by atoms with van der Waals surface area (Å²) in [5.74, 6) is -0.0844. The highest BCUT2D eigenvalue weighted by Crippen LogP contribution is 2.16. The molecule has 1 heterocycles. The fraction of sp³-hybridized carbons (Fsp3) is 0.350. The molecule has 0 spiro atoms. The Morgan fingerprint density at radius 3 is 2.50 bits per heavy atom. The average molecular weight is 358 g/mol. The summed E-state index contributed by atoms with van der Waals surface area (Å²) in [5.41, 5.74) is 1.05. The lowest BCUT2D eigenvalue weighted by Gasteiger charge is -2.31. The van der Waals surface area contributed by atoms with Gasteiger partial charge in [0.2, 0.25) is 0 Å². The van der Waals surface area contributed by atoms with E-state index >= 15 is 0 Å². The first-order chi connectivity index (χ1) is 12.7. The number of amides is 1. The maximum absolute atomic E-state index is 12.9. The quantitative estimate of drug-likeness (QED) is 0.826. The smallest absolute Gasteiger partial charge is 0.258 e. The van der Waals surface area contributed by atoms with Crippen LogP contribution in [0.5, 0.6) is 5.75 Å². The maximum Gasteiger partial charge on any atom is 0.258 e. The van der Waals surface area contributed by atoms with Gasteiger partial charge in [-0.2, -0.15) is 0 Å². The van der Waals surface area contributed by atoms with Crippen molar-refractivity contribution in [3.8, 4) is 5.75 Å². The highest BCUT2D eigenvalue weighted by Gasteiger charge is 2.20. The van der Waals surface area contributed by atoms with Gasteiger partial charge in [-0.3, -0.25) is 9.69 Å². The molecule has 5 nitrogen and oxygen atoms in total. The number of nitrogens with zero attached hydrogens (tertiary/aromatic N) is 1. The Morgan fingerprint density at radius 1 is 1.12 bits per heavy atom. The van der Waals surface area contributed by atoms with Gasteiger partial charge in [0.15, 0.2) is 6.61 Å². The molecule has 2 aromatic rings. The van der Waals surface area contributed by atoms with E-state index < -0.39 is 0 Å². The third kappa shape index (κ3) is 5.54. The molecule has 0 bridgehead atoms. The zero-order valence-corrected chi connectivity index (χ0v) is 14.6. The summed E-state index contributed by atoms with van der Waals surface area (Å²) in [4.78, 5) is 14.6. The van der Waals surface area contributed by atoms with E-state index in [-0.39, 0.29) is 24.4 Å². The Bertz CT molecular complexity index is 688. The lowest BCUT2D eigenvalue weighted by molar-refractivity contribution is -0.124. The minimum absolute atomic E-state index is 0.113. The lowest BCUT2D eigenvalue weighted by atomic mass is 10.1. The van der Waals surface area contributed by atoms with Crippen molar-refractivity contribution in [3.05, 3.63) is 66.0 Å². The van der Waals surface area contributed by atoms with Crippen LogP contribution in [-0.4, -0.2) is 50.3 Å². The highest BCUT2D eigenvalue weighted by atomic mass is 19.1. The fourth-order valence-electron chi connectivity index (χ4n) is 2.88. The molecule has 0 aliphatic carbocycles. The Balaban J connectivity index is 1.58. The first-order valence-corrected chi connectivity index (χ1v) is 8.73. The van der Waals surface area contributed by atoms with Crippen LogP contribution < -0.4 is 10.1 Å². The van der Waals surface area contributed by atoms with Crippen molar-refractivity contribution in [1.82, 2.24) is 10.2 Å². The van der Waals surface area contributed by atoms with E-state index in [1.54, 1.807) is 0 Å². The molecule has 138 valence electrons. The largest absolute Gasteiger partial charge is 0.484 e. The van der Waals surface area contributed by atoms with Gasteiger partial charge >= 0.3 is 0 Å². The molecule has 1 atom stereocenters. The number of ether oxygens (including phenoxy) is 2. The van der Waals surface area contributed by atoms with Crippen LogP contribution in [0.4, 0.5) is 4.39 Å². The molecule has 3 rings (SSSR count). The number of hydrogen-bond donors (Lipinski definition) is 1. The molecule has 1 saturated heterocycles. The van der Waals surface area contributed by atoms with Crippen LogP contribution >= 0.6 is 0 Å². The van der Waals surface area contributed by atoms with E-state index in [9.17, 15) is 9.18 Å². The standard InChI is InChI=1S/C20H23FN2O3/c21-17-6-8-18(9-7-17)26-15-20(24)22-19(16-4-2-1-3-5-16)14-23-10-12-25-13-11-23/h1-9,19H,10-15H2,(H,22,24)/t19-/m1/s1. The van der Waals surface area contributed by atoms with Crippen molar-refractivity contribution >= 4 is 5.91 Å². The van der Waals surface area contributed by atoms with Gasteiger partial charge in [0.05, 0.1) is 19.3 Å². The lowest BCUT2D eigenvalue weighted by Crippen LogP contribution is -2.44. The second-order valence-corrected chi connectivity index (χ2v) is 6.19. The van der Waals surface area contributed by atoms with Gasteiger partial charge in [0, 0.05) is 19.6 Å². The summed E-state index contributed by atoms with van der Waals surface area (Å²) in [6, 6.07) is 15.4. The first kappa shape index (κ1) is 18.4. The third-order valence-corrected chi connectivity index (χ3v) is 4.27. The molecular formula is C20H23FN2O3. The Hall–Kier alpha value is -2.44. The summed E-state index contributed by atoms with van der Waals surface area (Å²) < 4.78 is 23.7. The molecule has 0 radical (unpaired) electrons. The number of rotatable bonds is 7. The van der Waals surface area contributed by atoms with Crippen LogP contribution in [0.2, 0.25) is 0 Å². The molecule has 0 aromatic heterocycles. The zero-order chi connectivity index (χ0) is 18.2. The van der Waals surface area contributed by atoms with E-state index in [2.05, 4.69) is 10.2 Å². The van der Waals surface area contributed by atoms with Crippen LogP contribution in [0.25, 0.3) is 0 Å². The van der Waals surface area contributed by atoms with E-state index in [4.69, 9.17) is 9.47 Å². The van der Waals surface area contributed by atoms with Crippen molar-refractivity contribution in [2.45, 2.75) is 6.04 Å². The van der Waals surface area contributed by atoms with E-state index in [0.29, 0.717) is 19.0 Å². The summed E-state index contributed by atoms with van der Waals surface area (Å²) in [5, 5.41) is 3.04. The van der Waals surface area contributed by atoms with Gasteiger partial charge in [-0.25, -0.2) is 4.39 Å². The minimum atomic E-state index is -0.337. The summed E-state index contributed by atoms with van der Waals surface area (Å²) in [6.45, 7) is 3.73. The van der Waals surface area contributed by atoms with Crippen LogP contribution in [0.1, 0.15) is 11.6 Å². The molecule has 1 N–H and O–H groups in total. The number of nitrogens with one attached hydrogen (secondary N) is 1. The number of halogens is 1. The fourth-order valence-corrected chi connectivity index (χ4v) is 2.88. The molecule has 0 saturated carbocycles. The van der Waals surface area contributed by atoms with Gasteiger partial charge in [-0.15, -0.1) is 0 Å². The van der Waals surface area contributed by atoms with Gasteiger partial charge in [0.1, 0.15) is 11.6 Å². The second kappa shape index (κ2) is 9.31. The van der Waals surface area contributed by atoms with Gasteiger partial charge in [0.25, 0.3) is 5.91 Å². The van der Waals surface area contributed by atoms with E-state index in [1.165, 1.54) is 24.3 Å². The van der Waals surface area contributed by atoms with Crippen LogP contribution in [-0.2, 0) is 9.53 Å². The van der Waals surface area contributed by atoms with Crippen molar-refractivity contribution in [2.75, 3.05) is 39.5 Å². The Morgan fingerprint density at radius 2 is 1.81 bits per heavy atom. The predicted octanol–water partition coefficient (Wildman–Crippen LogP) is 2.39. The summed E-state index contributed by atoms with van der Waals surface area (Å²) >= 11 is 0.